The molecule has 2 aliphatic rings. The van der Waals surface area contributed by atoms with Gasteiger partial charge in [0.15, 0.2) is 0 Å². The Hall–Kier alpha value is -0.810. The smallest absolute Gasteiger partial charge is 0.410 e. The zero-order valence-electron chi connectivity index (χ0n) is 14.6. The van der Waals surface area contributed by atoms with Gasteiger partial charge >= 0.3 is 6.09 Å². The number of amides is 1. The Kier molecular flexibility index (Phi) is 6.09. The van der Waals surface area contributed by atoms with Crippen molar-refractivity contribution in [3.8, 4) is 0 Å². The van der Waals surface area contributed by atoms with Crippen molar-refractivity contribution < 1.29 is 14.3 Å². The Labute approximate surface area is 134 Å². The Morgan fingerprint density at radius 1 is 1.27 bits per heavy atom. The van der Waals surface area contributed by atoms with Crippen LogP contribution >= 0.6 is 0 Å². The van der Waals surface area contributed by atoms with Crippen LogP contribution in [0.5, 0.6) is 0 Å². The molecule has 0 radical (unpaired) electrons. The van der Waals surface area contributed by atoms with E-state index in [0.29, 0.717) is 18.2 Å². The highest BCUT2D eigenvalue weighted by Crippen LogP contribution is 2.19. The molecule has 1 N–H and O–H groups in total. The predicted molar refractivity (Wildman–Crippen MR) is 87.0 cm³/mol. The second-order valence-corrected chi connectivity index (χ2v) is 7.67. The van der Waals surface area contributed by atoms with E-state index in [9.17, 15) is 4.79 Å². The predicted octanol–water partition coefficient (Wildman–Crippen LogP) is 2.93. The SMILES string of the molecule is CC1CCC(CNC2CCCCN(C(=O)OC(C)(C)C)C2)O1. The minimum atomic E-state index is -0.430. The number of nitrogens with one attached hydrogen (secondary N) is 1. The quantitative estimate of drug-likeness (QED) is 0.870. The van der Waals surface area contributed by atoms with Crippen LogP contribution in [-0.2, 0) is 9.47 Å². The number of carbonyl (C=O) groups is 1. The molecule has 0 aliphatic carbocycles. The number of carbonyl (C=O) groups excluding carboxylic acids is 1. The maximum absolute atomic E-state index is 12.3. The van der Waals surface area contributed by atoms with Crippen molar-refractivity contribution in [2.24, 2.45) is 0 Å². The number of likely N-dealkylation sites (tertiary alicyclic amines) is 1. The second kappa shape index (κ2) is 7.64. The van der Waals surface area contributed by atoms with Crippen LogP contribution in [0.4, 0.5) is 4.79 Å². The lowest BCUT2D eigenvalue weighted by Gasteiger charge is -2.29. The molecular formula is C17H32N2O3. The van der Waals surface area contributed by atoms with E-state index in [-0.39, 0.29) is 6.09 Å². The Balaban J connectivity index is 1.80. The summed E-state index contributed by atoms with van der Waals surface area (Å²) in [5, 5.41) is 3.60. The first-order chi connectivity index (χ1) is 10.3. The Morgan fingerprint density at radius 2 is 2.05 bits per heavy atom. The van der Waals surface area contributed by atoms with E-state index in [4.69, 9.17) is 9.47 Å². The van der Waals surface area contributed by atoms with E-state index in [1.807, 2.05) is 25.7 Å². The molecule has 5 nitrogen and oxygen atoms in total. The van der Waals surface area contributed by atoms with Crippen LogP contribution < -0.4 is 5.32 Å². The maximum atomic E-state index is 12.3. The van der Waals surface area contributed by atoms with Crippen LogP contribution in [0.15, 0.2) is 0 Å². The van der Waals surface area contributed by atoms with Crippen molar-refractivity contribution in [2.75, 3.05) is 19.6 Å². The molecule has 2 fully saturated rings. The molecule has 22 heavy (non-hydrogen) atoms. The zero-order chi connectivity index (χ0) is 16.2. The van der Waals surface area contributed by atoms with Crippen LogP contribution in [0, 0.1) is 0 Å². The average molecular weight is 312 g/mol. The van der Waals surface area contributed by atoms with Crippen molar-refractivity contribution in [2.45, 2.75) is 83.6 Å². The van der Waals surface area contributed by atoms with Gasteiger partial charge in [-0.2, -0.15) is 0 Å². The van der Waals surface area contributed by atoms with Gasteiger partial charge in [-0.1, -0.05) is 6.42 Å². The third-order valence-corrected chi connectivity index (χ3v) is 4.28. The Morgan fingerprint density at radius 3 is 2.68 bits per heavy atom. The van der Waals surface area contributed by atoms with Gasteiger partial charge in [0.05, 0.1) is 12.2 Å². The van der Waals surface area contributed by atoms with E-state index >= 15 is 0 Å². The summed E-state index contributed by atoms with van der Waals surface area (Å²) in [6.07, 6.45) is 6.13. The highest BCUT2D eigenvalue weighted by Gasteiger charge is 2.27. The molecule has 2 aliphatic heterocycles. The molecule has 3 unspecified atom stereocenters. The summed E-state index contributed by atoms with van der Waals surface area (Å²) >= 11 is 0. The molecule has 1 amide bonds. The Bertz CT molecular complexity index is 367. The average Bonchev–Trinajstić information content (AvgIpc) is 2.69. The fourth-order valence-electron chi connectivity index (χ4n) is 3.13. The molecule has 5 heteroatoms. The van der Waals surface area contributed by atoms with Gasteiger partial charge in [0.25, 0.3) is 0 Å². The highest BCUT2D eigenvalue weighted by molar-refractivity contribution is 5.68. The first-order valence-corrected chi connectivity index (χ1v) is 8.70. The van der Waals surface area contributed by atoms with Crippen LogP contribution in [-0.4, -0.2) is 54.5 Å². The molecule has 0 bridgehead atoms. The van der Waals surface area contributed by atoms with Crippen LogP contribution in [0.3, 0.4) is 0 Å². The van der Waals surface area contributed by atoms with Crippen molar-refractivity contribution in [1.29, 1.82) is 0 Å². The summed E-state index contributed by atoms with van der Waals surface area (Å²) in [5.74, 6) is 0. The molecular weight excluding hydrogens is 280 g/mol. The van der Waals surface area contributed by atoms with Gasteiger partial charge in [-0.05, 0) is 53.4 Å². The molecule has 2 rings (SSSR count). The maximum Gasteiger partial charge on any atom is 0.410 e. The molecule has 2 heterocycles. The number of hydrogen-bond donors (Lipinski definition) is 1. The lowest BCUT2D eigenvalue weighted by molar-refractivity contribution is 0.0236. The highest BCUT2D eigenvalue weighted by atomic mass is 16.6. The third kappa shape index (κ3) is 5.76. The van der Waals surface area contributed by atoms with Crippen molar-refractivity contribution >= 4 is 6.09 Å². The van der Waals surface area contributed by atoms with E-state index < -0.39 is 5.60 Å². The van der Waals surface area contributed by atoms with Gasteiger partial charge in [0, 0.05) is 25.7 Å². The topological polar surface area (TPSA) is 50.8 Å². The first kappa shape index (κ1) is 17.5. The minimum absolute atomic E-state index is 0.188. The van der Waals surface area contributed by atoms with Gasteiger partial charge in [0.1, 0.15) is 5.60 Å². The zero-order valence-corrected chi connectivity index (χ0v) is 14.6. The monoisotopic (exact) mass is 312 g/mol. The molecule has 0 saturated carbocycles. The van der Waals surface area contributed by atoms with Crippen molar-refractivity contribution in [3.05, 3.63) is 0 Å². The molecule has 3 atom stereocenters. The fourth-order valence-corrected chi connectivity index (χ4v) is 3.13. The van der Waals surface area contributed by atoms with E-state index in [2.05, 4.69) is 12.2 Å². The number of hydrogen-bond acceptors (Lipinski definition) is 4. The fraction of sp³-hybridized carbons (Fsp3) is 0.941. The van der Waals surface area contributed by atoms with E-state index in [1.165, 1.54) is 0 Å². The first-order valence-electron chi connectivity index (χ1n) is 8.70. The lowest BCUT2D eigenvalue weighted by atomic mass is 10.1. The summed E-state index contributed by atoms with van der Waals surface area (Å²) in [7, 11) is 0. The standard InChI is InChI=1S/C17H32N2O3/c1-13-8-9-15(21-13)11-18-14-7-5-6-10-19(12-14)16(20)22-17(2,3)4/h13-15,18H,5-12H2,1-4H3. The van der Waals surface area contributed by atoms with E-state index in [1.54, 1.807) is 0 Å². The van der Waals surface area contributed by atoms with Crippen molar-refractivity contribution in [1.82, 2.24) is 10.2 Å². The van der Waals surface area contributed by atoms with Crippen LogP contribution in [0.2, 0.25) is 0 Å². The van der Waals surface area contributed by atoms with Gasteiger partial charge < -0.3 is 19.7 Å². The second-order valence-electron chi connectivity index (χ2n) is 7.67. The molecule has 0 aromatic carbocycles. The molecule has 128 valence electrons. The molecule has 0 aromatic heterocycles. The summed E-state index contributed by atoms with van der Waals surface area (Å²) in [6.45, 7) is 10.3. The molecule has 0 spiro atoms. The normalized spacial score (nSPS) is 30.2. The van der Waals surface area contributed by atoms with E-state index in [0.717, 1.165) is 51.7 Å². The molecule has 2 saturated heterocycles. The number of rotatable bonds is 3. The summed E-state index contributed by atoms with van der Waals surface area (Å²) in [6, 6.07) is 0.342. The summed E-state index contributed by atoms with van der Waals surface area (Å²) in [5.41, 5.74) is -0.430. The third-order valence-electron chi connectivity index (χ3n) is 4.28. The molecule has 0 aromatic rings. The number of nitrogens with zero attached hydrogens (tertiary/aromatic N) is 1. The minimum Gasteiger partial charge on any atom is -0.444 e. The summed E-state index contributed by atoms with van der Waals surface area (Å²) in [4.78, 5) is 14.1. The lowest BCUT2D eigenvalue weighted by Crippen LogP contribution is -2.46. The van der Waals surface area contributed by atoms with Crippen LogP contribution in [0.1, 0.15) is 59.8 Å². The summed E-state index contributed by atoms with van der Waals surface area (Å²) < 4.78 is 11.4. The number of ether oxygens (including phenoxy) is 2. The van der Waals surface area contributed by atoms with Gasteiger partial charge in [-0.15, -0.1) is 0 Å². The van der Waals surface area contributed by atoms with Gasteiger partial charge in [-0.25, -0.2) is 4.79 Å². The van der Waals surface area contributed by atoms with Crippen LogP contribution in [0.25, 0.3) is 0 Å². The van der Waals surface area contributed by atoms with Gasteiger partial charge in [-0.3, -0.25) is 0 Å². The largest absolute Gasteiger partial charge is 0.444 e. The van der Waals surface area contributed by atoms with Crippen molar-refractivity contribution in [3.63, 3.8) is 0 Å². The van der Waals surface area contributed by atoms with Gasteiger partial charge in [0.2, 0.25) is 0 Å².